The summed E-state index contributed by atoms with van der Waals surface area (Å²) in [5, 5.41) is 0. The van der Waals surface area contributed by atoms with Crippen molar-refractivity contribution in [3.8, 4) is 0 Å². The van der Waals surface area contributed by atoms with E-state index in [1.165, 1.54) is 31.2 Å². The van der Waals surface area contributed by atoms with Crippen molar-refractivity contribution >= 4 is 15.9 Å². The van der Waals surface area contributed by atoms with E-state index in [2.05, 4.69) is 40.2 Å². The second kappa shape index (κ2) is 5.83. The fourth-order valence-corrected chi connectivity index (χ4v) is 2.87. The van der Waals surface area contributed by atoms with Gasteiger partial charge in [0.05, 0.1) is 0 Å². The van der Waals surface area contributed by atoms with Gasteiger partial charge in [-0.05, 0) is 49.3 Å². The lowest BCUT2D eigenvalue weighted by atomic mass is 9.93. The Morgan fingerprint density at radius 1 is 1.19 bits per heavy atom. The van der Waals surface area contributed by atoms with Gasteiger partial charge in [-0.25, -0.2) is 0 Å². The van der Waals surface area contributed by atoms with Crippen molar-refractivity contribution < 1.29 is 0 Å². The van der Waals surface area contributed by atoms with E-state index in [4.69, 9.17) is 5.73 Å². The van der Waals surface area contributed by atoms with Crippen LogP contribution in [0, 0.1) is 5.92 Å². The molecule has 1 fully saturated rings. The topological polar surface area (TPSA) is 26.0 Å². The molecule has 0 radical (unpaired) electrons. The van der Waals surface area contributed by atoms with Gasteiger partial charge in [0.25, 0.3) is 0 Å². The van der Waals surface area contributed by atoms with E-state index in [1.54, 1.807) is 0 Å². The zero-order valence-corrected chi connectivity index (χ0v) is 11.2. The molecule has 1 unspecified atom stereocenters. The molecule has 2 rings (SSSR count). The van der Waals surface area contributed by atoms with Gasteiger partial charge in [0.2, 0.25) is 0 Å². The quantitative estimate of drug-likeness (QED) is 0.890. The standard InChI is InChI=1S/C14H20BrN/c15-13-8-5-11(6-9-13)7-10-14(16)12-3-1-2-4-12/h5-6,8-9,12,14H,1-4,7,10,16H2. The Hall–Kier alpha value is -0.340. The van der Waals surface area contributed by atoms with Crippen molar-refractivity contribution in [3.05, 3.63) is 34.3 Å². The maximum Gasteiger partial charge on any atom is 0.0175 e. The highest BCUT2D eigenvalue weighted by Gasteiger charge is 2.21. The minimum Gasteiger partial charge on any atom is -0.327 e. The number of nitrogens with two attached hydrogens (primary N) is 1. The summed E-state index contributed by atoms with van der Waals surface area (Å²) in [5.41, 5.74) is 7.65. The molecule has 1 aliphatic carbocycles. The molecule has 1 nitrogen and oxygen atoms in total. The third kappa shape index (κ3) is 3.33. The van der Waals surface area contributed by atoms with Crippen LogP contribution in [0.15, 0.2) is 28.7 Å². The number of halogens is 1. The molecule has 1 atom stereocenters. The average Bonchev–Trinajstić information content (AvgIpc) is 2.81. The minimum absolute atomic E-state index is 0.408. The molecule has 88 valence electrons. The lowest BCUT2D eigenvalue weighted by Crippen LogP contribution is -2.28. The Morgan fingerprint density at radius 2 is 1.81 bits per heavy atom. The van der Waals surface area contributed by atoms with E-state index >= 15 is 0 Å². The molecular formula is C14H20BrN. The zero-order chi connectivity index (χ0) is 11.4. The van der Waals surface area contributed by atoms with Gasteiger partial charge < -0.3 is 5.73 Å². The van der Waals surface area contributed by atoms with Crippen LogP contribution in [-0.4, -0.2) is 6.04 Å². The van der Waals surface area contributed by atoms with Gasteiger partial charge in [0, 0.05) is 10.5 Å². The van der Waals surface area contributed by atoms with Crippen molar-refractivity contribution in [1.82, 2.24) is 0 Å². The van der Waals surface area contributed by atoms with Crippen LogP contribution in [-0.2, 0) is 6.42 Å². The second-order valence-corrected chi connectivity index (χ2v) is 5.79. The summed E-state index contributed by atoms with van der Waals surface area (Å²) in [7, 11) is 0. The molecule has 0 heterocycles. The third-order valence-electron chi connectivity index (χ3n) is 3.68. The first kappa shape index (κ1) is 12.1. The van der Waals surface area contributed by atoms with Crippen LogP contribution in [0.1, 0.15) is 37.7 Å². The highest BCUT2D eigenvalue weighted by atomic mass is 79.9. The lowest BCUT2D eigenvalue weighted by molar-refractivity contribution is 0.410. The summed E-state index contributed by atoms with van der Waals surface area (Å²) in [4.78, 5) is 0. The molecule has 0 bridgehead atoms. The predicted octanol–water partition coefficient (Wildman–Crippen LogP) is 3.90. The van der Waals surface area contributed by atoms with Gasteiger partial charge in [-0.1, -0.05) is 40.9 Å². The van der Waals surface area contributed by atoms with Gasteiger partial charge >= 0.3 is 0 Å². The van der Waals surface area contributed by atoms with E-state index in [0.29, 0.717) is 6.04 Å². The fraction of sp³-hybridized carbons (Fsp3) is 0.571. The van der Waals surface area contributed by atoms with E-state index < -0.39 is 0 Å². The van der Waals surface area contributed by atoms with Crippen LogP contribution < -0.4 is 5.73 Å². The highest BCUT2D eigenvalue weighted by Crippen LogP contribution is 2.28. The minimum atomic E-state index is 0.408. The lowest BCUT2D eigenvalue weighted by Gasteiger charge is -2.18. The van der Waals surface area contributed by atoms with E-state index in [-0.39, 0.29) is 0 Å². The molecule has 0 aromatic heterocycles. The zero-order valence-electron chi connectivity index (χ0n) is 9.66. The molecule has 2 N–H and O–H groups in total. The first-order chi connectivity index (χ1) is 7.75. The van der Waals surface area contributed by atoms with Crippen LogP contribution in [0.5, 0.6) is 0 Å². The van der Waals surface area contributed by atoms with E-state index in [9.17, 15) is 0 Å². The molecule has 1 aromatic carbocycles. The fourth-order valence-electron chi connectivity index (χ4n) is 2.61. The maximum absolute atomic E-state index is 6.25. The molecule has 2 heteroatoms. The van der Waals surface area contributed by atoms with E-state index in [0.717, 1.165) is 23.2 Å². The molecule has 0 aliphatic heterocycles. The summed E-state index contributed by atoms with van der Waals surface area (Å²) < 4.78 is 1.15. The van der Waals surface area contributed by atoms with Gasteiger partial charge in [-0.2, -0.15) is 0 Å². The number of aryl methyl sites for hydroxylation is 1. The number of rotatable bonds is 4. The Kier molecular flexibility index (Phi) is 4.42. The molecular weight excluding hydrogens is 262 g/mol. The summed E-state index contributed by atoms with van der Waals surface area (Å²) in [6, 6.07) is 9.00. The summed E-state index contributed by atoms with van der Waals surface area (Å²) in [6.45, 7) is 0. The molecule has 16 heavy (non-hydrogen) atoms. The molecule has 0 saturated heterocycles. The Morgan fingerprint density at radius 3 is 2.44 bits per heavy atom. The predicted molar refractivity (Wildman–Crippen MR) is 72.4 cm³/mol. The van der Waals surface area contributed by atoms with E-state index in [1.807, 2.05) is 0 Å². The van der Waals surface area contributed by atoms with Crippen LogP contribution in [0.4, 0.5) is 0 Å². The van der Waals surface area contributed by atoms with Crippen LogP contribution in [0.25, 0.3) is 0 Å². The summed E-state index contributed by atoms with van der Waals surface area (Å²) in [6.07, 6.45) is 7.72. The average molecular weight is 282 g/mol. The summed E-state index contributed by atoms with van der Waals surface area (Å²) >= 11 is 3.45. The first-order valence-electron chi connectivity index (χ1n) is 6.26. The molecule has 1 aliphatic rings. The van der Waals surface area contributed by atoms with Gasteiger partial charge in [-0.15, -0.1) is 0 Å². The Balaban J connectivity index is 1.80. The summed E-state index contributed by atoms with van der Waals surface area (Å²) in [5.74, 6) is 0.787. The molecule has 0 spiro atoms. The first-order valence-corrected chi connectivity index (χ1v) is 7.05. The third-order valence-corrected chi connectivity index (χ3v) is 4.21. The van der Waals surface area contributed by atoms with Crippen molar-refractivity contribution in [2.24, 2.45) is 11.7 Å². The number of hydrogen-bond acceptors (Lipinski definition) is 1. The second-order valence-electron chi connectivity index (χ2n) is 4.87. The molecule has 0 amide bonds. The van der Waals surface area contributed by atoms with Gasteiger partial charge in [0.1, 0.15) is 0 Å². The van der Waals surface area contributed by atoms with Crippen molar-refractivity contribution in [2.75, 3.05) is 0 Å². The van der Waals surface area contributed by atoms with Crippen molar-refractivity contribution in [3.63, 3.8) is 0 Å². The Bertz CT molecular complexity index is 314. The smallest absolute Gasteiger partial charge is 0.0175 e. The van der Waals surface area contributed by atoms with Gasteiger partial charge in [0.15, 0.2) is 0 Å². The van der Waals surface area contributed by atoms with Crippen molar-refractivity contribution in [2.45, 2.75) is 44.6 Å². The Labute approximate surface area is 107 Å². The SMILES string of the molecule is NC(CCc1ccc(Br)cc1)C1CCCC1. The van der Waals surface area contributed by atoms with Crippen LogP contribution in [0.2, 0.25) is 0 Å². The highest BCUT2D eigenvalue weighted by molar-refractivity contribution is 9.10. The maximum atomic E-state index is 6.25. The van der Waals surface area contributed by atoms with Gasteiger partial charge in [-0.3, -0.25) is 0 Å². The monoisotopic (exact) mass is 281 g/mol. The number of benzene rings is 1. The van der Waals surface area contributed by atoms with Crippen LogP contribution >= 0.6 is 15.9 Å². The normalized spacial score (nSPS) is 18.9. The van der Waals surface area contributed by atoms with Crippen molar-refractivity contribution in [1.29, 1.82) is 0 Å². The molecule has 1 aromatic rings. The largest absolute Gasteiger partial charge is 0.327 e. The molecule has 1 saturated carbocycles. The van der Waals surface area contributed by atoms with Crippen LogP contribution in [0.3, 0.4) is 0 Å². The number of hydrogen-bond donors (Lipinski definition) is 1.